The van der Waals surface area contributed by atoms with Crippen molar-refractivity contribution in [3.63, 3.8) is 0 Å². The molecule has 0 aliphatic heterocycles. The minimum absolute atomic E-state index is 0. The molecule has 0 amide bonds. The summed E-state index contributed by atoms with van der Waals surface area (Å²) in [6.45, 7) is 108. The van der Waals surface area contributed by atoms with Crippen LogP contribution in [0.25, 0.3) is 0 Å². The molecular weight excluding hydrogens is 1840 g/mol. The maximum Gasteiger partial charge on any atom is 1.00 e. The number of allylic oxidation sites excluding steroid dienone is 10. The first-order valence-corrected chi connectivity index (χ1v) is 73.0. The summed E-state index contributed by atoms with van der Waals surface area (Å²) in [5, 5.41) is 20.9. The van der Waals surface area contributed by atoms with Gasteiger partial charge in [0.25, 0.3) is 0 Å². The van der Waals surface area contributed by atoms with Crippen molar-refractivity contribution < 1.29 is 86.8 Å². The number of hydrogen-bond acceptors (Lipinski definition) is 12. The van der Waals surface area contributed by atoms with Gasteiger partial charge in [-0.25, -0.2) is 0 Å². The minimum atomic E-state index is -2.09. The van der Waals surface area contributed by atoms with Crippen molar-refractivity contribution in [2.45, 2.75) is 546 Å². The molecular formula is C120H221BNaO12Si6. The average Bonchev–Trinajstić information content (AvgIpc) is 1.42. The van der Waals surface area contributed by atoms with Crippen molar-refractivity contribution in [3.8, 4) is 0 Å². The van der Waals surface area contributed by atoms with Crippen molar-refractivity contribution >= 4 is 64.6 Å². The summed E-state index contributed by atoms with van der Waals surface area (Å²) in [5.74, 6) is 3.78. The third-order valence-electron chi connectivity index (χ3n) is 38.4. The molecule has 9 unspecified atom stereocenters. The van der Waals surface area contributed by atoms with Gasteiger partial charge in [-0.1, -0.05) is 290 Å². The molecule has 0 aromatic rings. The van der Waals surface area contributed by atoms with Crippen LogP contribution in [-0.4, -0.2) is 163 Å². The Labute approximate surface area is 896 Å². The van der Waals surface area contributed by atoms with Crippen molar-refractivity contribution in [1.29, 1.82) is 0 Å². The Morgan fingerprint density at radius 1 is 0.329 bits per heavy atom. The summed E-state index contributed by atoms with van der Waals surface area (Å²) < 4.78 is 62.4. The van der Waals surface area contributed by atoms with Gasteiger partial charge in [0.2, 0.25) is 0 Å². The number of carbonyl (C=O) groups excluding carboxylic acids is 1. The summed E-state index contributed by atoms with van der Waals surface area (Å²) in [4.78, 5) is 12.0. The monoisotopic (exact) mass is 2060 g/mol. The van der Waals surface area contributed by atoms with E-state index >= 15 is 0 Å². The molecule has 3 radical (unpaired) electrons. The summed E-state index contributed by atoms with van der Waals surface area (Å²) >= 11 is 0. The van der Waals surface area contributed by atoms with E-state index < -0.39 is 49.9 Å². The van der Waals surface area contributed by atoms with Crippen LogP contribution in [0.2, 0.25) is 109 Å². The van der Waals surface area contributed by atoms with Gasteiger partial charge < -0.3 is 52.4 Å². The van der Waals surface area contributed by atoms with Crippen LogP contribution in [0.3, 0.4) is 0 Å². The molecule has 0 aromatic heterocycles. The van der Waals surface area contributed by atoms with Gasteiger partial charge in [0.15, 0.2) is 49.9 Å². The van der Waals surface area contributed by atoms with E-state index in [0.717, 1.165) is 101 Å². The first kappa shape index (κ1) is 130. The van der Waals surface area contributed by atoms with Gasteiger partial charge in [-0.3, -0.25) is 4.79 Å². The van der Waals surface area contributed by atoms with Crippen LogP contribution in [0.15, 0.2) is 105 Å². The van der Waals surface area contributed by atoms with Crippen molar-refractivity contribution in [1.82, 2.24) is 0 Å². The fourth-order valence-electron chi connectivity index (χ4n) is 23.1. The third kappa shape index (κ3) is 34.4. The predicted octanol–water partition coefficient (Wildman–Crippen LogP) is 31.1. The summed E-state index contributed by atoms with van der Waals surface area (Å²) in [6, 6.07) is 0. The van der Waals surface area contributed by atoms with Crippen LogP contribution in [-0.2, 0) is 45.6 Å². The van der Waals surface area contributed by atoms with E-state index in [1.54, 1.807) is 22.8 Å². The van der Waals surface area contributed by atoms with Crippen molar-refractivity contribution in [3.05, 3.63) is 105 Å². The van der Waals surface area contributed by atoms with E-state index in [0.29, 0.717) is 86.3 Å². The molecule has 0 saturated heterocycles. The molecule has 0 heterocycles. The molecule has 0 bridgehead atoms. The van der Waals surface area contributed by atoms with Crippen LogP contribution < -0.4 is 29.6 Å². The SMILES string of the molecule is C[C@@H](OCCC(C)(C)C)C1CCC2/C(=C/C=C3C[C@@H](O[Si](C)(C)C(C)(C)C)C(=CC=O)[C@H](O[Si](C)(C)C(C)(C)C)C3)CCCC21C.C[C@@H](OCCC(C)(C)C)C1CCC2/C(=C/C=C3C[C@@H](O[Si](C)(C)C(C)(C)C)C(=CCO)[C@H](O[Si](C)(C)C(C)(C)C)C3)CCCC21C.C[C@@H](OCCC(C)(C)C)C1CCC2/C(=C/C=C3C[C@@H](O[Si](C)(C)C(C)(C)C)C(=CCO)[C@H](O[Si](C)(C)C(C)(C)C)C3)CCCC21C.[B].[H-].[Na+]. The minimum Gasteiger partial charge on any atom is -1.00 e. The van der Waals surface area contributed by atoms with Crippen LogP contribution >= 0.6 is 0 Å². The molecule has 20 heteroatoms. The molecule has 140 heavy (non-hydrogen) atoms. The quantitative estimate of drug-likeness (QED) is 0.0306. The molecule has 9 fully saturated rings. The zero-order valence-corrected chi connectivity index (χ0v) is 108. The Morgan fingerprint density at radius 3 is 0.707 bits per heavy atom. The van der Waals surface area contributed by atoms with Gasteiger partial charge in [-0.15, -0.1) is 0 Å². The Hall–Kier alpha value is -0.744. The number of aldehydes is 1. The van der Waals surface area contributed by atoms with E-state index in [4.69, 9.17) is 40.8 Å². The van der Waals surface area contributed by atoms with Gasteiger partial charge in [-0.05, 0) is 374 Å². The van der Waals surface area contributed by atoms with Gasteiger partial charge in [0.05, 0.1) is 68.1 Å². The second-order valence-electron chi connectivity index (χ2n) is 58.6. The van der Waals surface area contributed by atoms with Gasteiger partial charge in [0.1, 0.15) is 6.29 Å². The van der Waals surface area contributed by atoms with Crippen molar-refractivity contribution in [2.24, 2.45) is 68.0 Å². The Kier molecular flexibility index (Phi) is 46.7. The standard InChI is InChI=1S/2C40H74O4Si2.C40H72O4Si2.B.Na.H/c3*1-29(42-26-24-37(2,3)4)33-20-21-34-31(17-16-23-40(33,34)11)19-18-30-27-35(43-45(12,13)38(5,6)7)32(22-25-41)36(28-30)44-46(14,15)39(8,9)10;;;/h2*18-19,22,29,33-36,41H,16-17,20-21,23-28H2,1-15H3;18-19,22,25,29,33-36H,16-17,20-21,23-24,26-28H2,1-15H3;;;/q;;;;+1;-1/b3*30-18?,31-19+,32-22?;;;/t3*29-,33?,34?,35-,36-,40?;;;/m111.../s1. The smallest absolute Gasteiger partial charge is 1.00 e. The van der Waals surface area contributed by atoms with E-state index in [9.17, 15) is 15.0 Å². The fraction of sp³-hybridized carbons (Fsp3) is 0.842. The molecule has 9 aliphatic carbocycles. The summed E-state index contributed by atoms with van der Waals surface area (Å²) in [5.41, 5.74) is 14.4. The second-order valence-corrected chi connectivity index (χ2v) is 87.2. The maximum atomic E-state index is 12.0. The van der Waals surface area contributed by atoms with Crippen LogP contribution in [0.1, 0.15) is 384 Å². The number of fused-ring (bicyclic) bond motifs is 3. The zero-order valence-electron chi connectivity index (χ0n) is 101. The van der Waals surface area contributed by atoms with Gasteiger partial charge in [0, 0.05) is 28.2 Å². The molecule has 801 valence electrons. The fourth-order valence-corrected chi connectivity index (χ4v) is 30.8. The summed E-state index contributed by atoms with van der Waals surface area (Å²) in [6.07, 6.45) is 49.5. The Balaban J connectivity index is 0.000000437. The molecule has 18 atom stereocenters. The van der Waals surface area contributed by atoms with Crippen molar-refractivity contribution in [2.75, 3.05) is 33.0 Å². The second kappa shape index (κ2) is 50.4. The van der Waals surface area contributed by atoms with Crippen LogP contribution in [0.4, 0.5) is 0 Å². The third-order valence-corrected chi connectivity index (χ3v) is 65.3. The molecule has 9 rings (SSSR count). The number of rotatable bonds is 30. The normalized spacial score (nSPS) is 29.6. The van der Waals surface area contributed by atoms with E-state index in [2.05, 4.69) is 344 Å². The number of aliphatic hydroxyl groups excluding tert-OH is 2. The van der Waals surface area contributed by atoms with Crippen LogP contribution in [0, 0.1) is 68.0 Å². The Bertz CT molecular complexity index is 3940. The van der Waals surface area contributed by atoms with E-state index in [-0.39, 0.29) is 119 Å². The molecule has 0 aromatic carbocycles. The average molecular weight is 2060 g/mol. The molecule has 2 N–H and O–H groups in total. The zero-order chi connectivity index (χ0) is 105. The van der Waals surface area contributed by atoms with Gasteiger partial charge in [-0.2, -0.15) is 0 Å². The van der Waals surface area contributed by atoms with E-state index in [1.807, 2.05) is 12.2 Å². The first-order chi connectivity index (χ1) is 62.7. The number of ether oxygens (including phenoxy) is 3. The molecule has 0 spiro atoms. The molecule has 9 saturated carbocycles. The summed E-state index contributed by atoms with van der Waals surface area (Å²) in [7, 11) is -12.4. The topological polar surface area (TPSA) is 141 Å². The largest absolute Gasteiger partial charge is 1.00 e. The predicted molar refractivity (Wildman–Crippen MR) is 613 cm³/mol. The van der Waals surface area contributed by atoms with Gasteiger partial charge >= 0.3 is 29.6 Å². The number of aliphatic hydroxyl groups is 2. The van der Waals surface area contributed by atoms with Crippen LogP contribution in [0.5, 0.6) is 0 Å². The Morgan fingerprint density at radius 2 is 0.529 bits per heavy atom. The number of carbonyl (C=O) groups is 1. The molecule has 12 nitrogen and oxygen atoms in total. The first-order valence-electron chi connectivity index (χ1n) is 55.6. The number of hydrogen-bond donors (Lipinski definition) is 2. The van der Waals surface area contributed by atoms with E-state index in [1.165, 1.54) is 113 Å². The maximum absolute atomic E-state index is 12.0. The molecule has 9 aliphatic rings.